The summed E-state index contributed by atoms with van der Waals surface area (Å²) < 4.78 is 0. The third-order valence-electron chi connectivity index (χ3n) is 5.24. The highest BCUT2D eigenvalue weighted by atomic mass is 16.1. The Labute approximate surface area is 144 Å². The molecule has 3 heteroatoms. The van der Waals surface area contributed by atoms with E-state index < -0.39 is 0 Å². The highest BCUT2D eigenvalue weighted by molar-refractivity contribution is 5.76. The van der Waals surface area contributed by atoms with E-state index in [0.29, 0.717) is 0 Å². The first-order valence-electron chi connectivity index (χ1n) is 10.3. The SMILES string of the molecule is CCCCCCCCCCCCCCN1CCCC(C(N)=O)C1. The van der Waals surface area contributed by atoms with Crippen LogP contribution in [0.2, 0.25) is 0 Å². The number of carbonyl (C=O) groups is 1. The minimum atomic E-state index is -0.107. The molecule has 1 saturated heterocycles. The molecular formula is C20H40N2O. The molecule has 2 N–H and O–H groups in total. The van der Waals surface area contributed by atoms with Gasteiger partial charge in [-0.05, 0) is 32.4 Å². The molecule has 3 nitrogen and oxygen atoms in total. The van der Waals surface area contributed by atoms with Crippen LogP contribution in [-0.4, -0.2) is 30.4 Å². The number of hydrogen-bond donors (Lipinski definition) is 1. The molecule has 0 saturated carbocycles. The summed E-state index contributed by atoms with van der Waals surface area (Å²) in [6.07, 6.45) is 18.9. The molecule has 0 bridgehead atoms. The van der Waals surface area contributed by atoms with Gasteiger partial charge in [-0.1, -0.05) is 77.6 Å². The predicted octanol–water partition coefficient (Wildman–Crippen LogP) is 4.88. The van der Waals surface area contributed by atoms with Crippen LogP contribution in [0.4, 0.5) is 0 Å². The normalized spacial score (nSPS) is 19.1. The first-order chi connectivity index (χ1) is 11.2. The highest BCUT2D eigenvalue weighted by Crippen LogP contribution is 2.17. The van der Waals surface area contributed by atoms with Crippen molar-refractivity contribution in [1.29, 1.82) is 0 Å². The van der Waals surface area contributed by atoms with E-state index >= 15 is 0 Å². The average Bonchev–Trinajstić information content (AvgIpc) is 2.56. The van der Waals surface area contributed by atoms with E-state index in [1.807, 2.05) is 0 Å². The second-order valence-electron chi connectivity index (χ2n) is 7.43. The van der Waals surface area contributed by atoms with Gasteiger partial charge in [0.1, 0.15) is 0 Å². The fourth-order valence-electron chi connectivity index (χ4n) is 3.67. The molecule has 1 amide bonds. The van der Waals surface area contributed by atoms with Crippen LogP contribution in [0.15, 0.2) is 0 Å². The highest BCUT2D eigenvalue weighted by Gasteiger charge is 2.23. The minimum absolute atomic E-state index is 0.0982. The molecule has 1 heterocycles. The molecule has 0 aromatic carbocycles. The Balaban J connectivity index is 1.83. The fraction of sp³-hybridized carbons (Fsp3) is 0.950. The molecule has 23 heavy (non-hydrogen) atoms. The first kappa shape index (κ1) is 20.5. The van der Waals surface area contributed by atoms with Crippen LogP contribution >= 0.6 is 0 Å². The predicted molar refractivity (Wildman–Crippen MR) is 99.4 cm³/mol. The Morgan fingerprint density at radius 3 is 1.96 bits per heavy atom. The summed E-state index contributed by atoms with van der Waals surface area (Å²) in [7, 11) is 0. The van der Waals surface area contributed by atoms with Gasteiger partial charge in [-0.3, -0.25) is 4.79 Å². The summed E-state index contributed by atoms with van der Waals surface area (Å²) in [6.45, 7) is 5.48. The largest absolute Gasteiger partial charge is 0.369 e. The Morgan fingerprint density at radius 2 is 1.43 bits per heavy atom. The molecule has 0 aromatic heterocycles. The second kappa shape index (κ2) is 13.8. The van der Waals surface area contributed by atoms with E-state index in [1.54, 1.807) is 0 Å². The lowest BCUT2D eigenvalue weighted by Crippen LogP contribution is -2.41. The summed E-state index contributed by atoms with van der Waals surface area (Å²) in [5.74, 6) is -0.00882. The molecule has 1 atom stereocenters. The van der Waals surface area contributed by atoms with E-state index in [-0.39, 0.29) is 11.8 Å². The lowest BCUT2D eigenvalue weighted by Gasteiger charge is -2.31. The van der Waals surface area contributed by atoms with Crippen LogP contribution in [-0.2, 0) is 4.79 Å². The molecule has 1 rings (SSSR count). The van der Waals surface area contributed by atoms with Gasteiger partial charge in [-0.2, -0.15) is 0 Å². The lowest BCUT2D eigenvalue weighted by molar-refractivity contribution is -0.123. The van der Waals surface area contributed by atoms with E-state index in [0.717, 1.165) is 32.5 Å². The molecule has 0 aliphatic carbocycles. The summed E-state index contributed by atoms with van der Waals surface area (Å²) >= 11 is 0. The fourth-order valence-corrected chi connectivity index (χ4v) is 3.67. The van der Waals surface area contributed by atoms with Gasteiger partial charge in [0.25, 0.3) is 0 Å². The zero-order valence-corrected chi connectivity index (χ0v) is 15.5. The quantitative estimate of drug-likeness (QED) is 0.463. The molecule has 0 aromatic rings. The van der Waals surface area contributed by atoms with Gasteiger partial charge >= 0.3 is 0 Å². The number of primary amides is 1. The molecule has 0 spiro atoms. The van der Waals surface area contributed by atoms with Gasteiger partial charge in [0, 0.05) is 6.54 Å². The zero-order chi connectivity index (χ0) is 16.8. The van der Waals surface area contributed by atoms with Crippen molar-refractivity contribution >= 4 is 5.91 Å². The number of rotatable bonds is 14. The van der Waals surface area contributed by atoms with Crippen molar-refractivity contribution in [2.24, 2.45) is 11.7 Å². The van der Waals surface area contributed by atoms with Crippen LogP contribution in [0, 0.1) is 5.92 Å². The molecular weight excluding hydrogens is 284 g/mol. The van der Waals surface area contributed by atoms with Gasteiger partial charge in [0.05, 0.1) is 5.92 Å². The molecule has 1 unspecified atom stereocenters. The standard InChI is InChI=1S/C20H40N2O/c1-2-3-4-5-6-7-8-9-10-11-12-13-16-22-17-14-15-19(18-22)20(21)23/h19H,2-18H2,1H3,(H2,21,23). The Hall–Kier alpha value is -0.570. The average molecular weight is 325 g/mol. The van der Waals surface area contributed by atoms with Crippen LogP contribution < -0.4 is 5.73 Å². The van der Waals surface area contributed by atoms with Crippen LogP contribution in [0.3, 0.4) is 0 Å². The molecule has 136 valence electrons. The van der Waals surface area contributed by atoms with Crippen molar-refractivity contribution < 1.29 is 4.79 Å². The second-order valence-corrected chi connectivity index (χ2v) is 7.43. The number of hydrogen-bond acceptors (Lipinski definition) is 2. The van der Waals surface area contributed by atoms with E-state index in [9.17, 15) is 4.79 Å². The monoisotopic (exact) mass is 324 g/mol. The topological polar surface area (TPSA) is 46.3 Å². The van der Waals surface area contributed by atoms with Gasteiger partial charge < -0.3 is 10.6 Å². The van der Waals surface area contributed by atoms with Crippen molar-refractivity contribution in [3.8, 4) is 0 Å². The Bertz CT molecular complexity index is 293. The molecule has 1 aliphatic rings. The number of unbranched alkanes of at least 4 members (excludes halogenated alkanes) is 11. The zero-order valence-electron chi connectivity index (χ0n) is 15.5. The van der Waals surface area contributed by atoms with Gasteiger partial charge in [-0.25, -0.2) is 0 Å². The smallest absolute Gasteiger partial charge is 0.221 e. The van der Waals surface area contributed by atoms with Crippen molar-refractivity contribution in [2.75, 3.05) is 19.6 Å². The molecule has 1 fully saturated rings. The summed E-state index contributed by atoms with van der Waals surface area (Å²) in [4.78, 5) is 13.7. The number of likely N-dealkylation sites (tertiary alicyclic amines) is 1. The number of piperidine rings is 1. The maximum absolute atomic E-state index is 11.3. The maximum atomic E-state index is 11.3. The number of nitrogens with zero attached hydrogens (tertiary/aromatic N) is 1. The van der Waals surface area contributed by atoms with Gasteiger partial charge in [-0.15, -0.1) is 0 Å². The summed E-state index contributed by atoms with van der Waals surface area (Å²) in [5.41, 5.74) is 5.43. The van der Waals surface area contributed by atoms with Gasteiger partial charge in [0.15, 0.2) is 0 Å². The van der Waals surface area contributed by atoms with E-state index in [4.69, 9.17) is 5.73 Å². The first-order valence-corrected chi connectivity index (χ1v) is 10.3. The number of carbonyl (C=O) groups excluding carboxylic acids is 1. The van der Waals surface area contributed by atoms with E-state index in [2.05, 4.69) is 11.8 Å². The van der Waals surface area contributed by atoms with Crippen LogP contribution in [0.25, 0.3) is 0 Å². The lowest BCUT2D eigenvalue weighted by atomic mass is 9.97. The molecule has 0 radical (unpaired) electrons. The van der Waals surface area contributed by atoms with Gasteiger partial charge in [0.2, 0.25) is 5.91 Å². The van der Waals surface area contributed by atoms with Crippen LogP contribution in [0.1, 0.15) is 96.8 Å². The molecule has 1 aliphatic heterocycles. The Morgan fingerprint density at radius 1 is 0.913 bits per heavy atom. The third-order valence-corrected chi connectivity index (χ3v) is 5.24. The van der Waals surface area contributed by atoms with Crippen molar-refractivity contribution in [1.82, 2.24) is 4.90 Å². The third kappa shape index (κ3) is 10.8. The summed E-state index contributed by atoms with van der Waals surface area (Å²) in [5, 5.41) is 0. The van der Waals surface area contributed by atoms with Crippen molar-refractivity contribution in [2.45, 2.75) is 96.8 Å². The minimum Gasteiger partial charge on any atom is -0.369 e. The van der Waals surface area contributed by atoms with Crippen LogP contribution in [0.5, 0.6) is 0 Å². The Kier molecular flexibility index (Phi) is 12.3. The van der Waals surface area contributed by atoms with Crippen molar-refractivity contribution in [3.05, 3.63) is 0 Å². The number of nitrogens with two attached hydrogens (primary N) is 1. The number of amides is 1. The summed E-state index contributed by atoms with van der Waals surface area (Å²) in [6, 6.07) is 0. The van der Waals surface area contributed by atoms with E-state index in [1.165, 1.54) is 77.0 Å². The van der Waals surface area contributed by atoms with Crippen molar-refractivity contribution in [3.63, 3.8) is 0 Å². The maximum Gasteiger partial charge on any atom is 0.221 e.